The van der Waals surface area contributed by atoms with Gasteiger partial charge in [0, 0.05) is 11.1 Å². The molecule has 16 heavy (non-hydrogen) atoms. The highest BCUT2D eigenvalue weighted by Crippen LogP contribution is 2.21. The van der Waals surface area contributed by atoms with Crippen molar-refractivity contribution in [2.24, 2.45) is 0 Å². The summed E-state index contributed by atoms with van der Waals surface area (Å²) in [6, 6.07) is 4.98. The molecule has 1 aromatic carbocycles. The van der Waals surface area contributed by atoms with Gasteiger partial charge in [0.25, 0.3) is 5.78 Å². The SMILES string of the molecule is CCOC(=O)C(=O)c1cccc(OC)c1C. The number of hydrogen-bond acceptors (Lipinski definition) is 4. The van der Waals surface area contributed by atoms with Crippen molar-refractivity contribution in [2.75, 3.05) is 13.7 Å². The van der Waals surface area contributed by atoms with Crippen LogP contribution in [-0.4, -0.2) is 25.5 Å². The highest BCUT2D eigenvalue weighted by Gasteiger charge is 2.20. The van der Waals surface area contributed by atoms with Crippen molar-refractivity contribution in [3.63, 3.8) is 0 Å². The van der Waals surface area contributed by atoms with Crippen LogP contribution in [0.5, 0.6) is 5.75 Å². The highest BCUT2D eigenvalue weighted by atomic mass is 16.5. The fourth-order valence-electron chi connectivity index (χ4n) is 1.39. The lowest BCUT2D eigenvalue weighted by molar-refractivity contribution is -0.137. The van der Waals surface area contributed by atoms with Crippen molar-refractivity contribution in [1.29, 1.82) is 0 Å². The fraction of sp³-hybridized carbons (Fsp3) is 0.333. The molecular formula is C12H14O4. The van der Waals surface area contributed by atoms with Crippen LogP contribution in [0.4, 0.5) is 0 Å². The van der Waals surface area contributed by atoms with Gasteiger partial charge in [0.1, 0.15) is 5.75 Å². The number of carbonyl (C=O) groups excluding carboxylic acids is 2. The van der Waals surface area contributed by atoms with Crippen LogP contribution in [0.15, 0.2) is 18.2 Å². The first kappa shape index (κ1) is 12.2. The predicted octanol–water partition coefficient (Wildman–Crippen LogP) is 1.75. The maximum Gasteiger partial charge on any atom is 0.379 e. The highest BCUT2D eigenvalue weighted by molar-refractivity contribution is 6.41. The molecule has 1 aromatic rings. The maximum absolute atomic E-state index is 11.7. The summed E-state index contributed by atoms with van der Waals surface area (Å²) in [5, 5.41) is 0. The summed E-state index contributed by atoms with van der Waals surface area (Å²) in [5.74, 6) is -0.896. The Kier molecular flexibility index (Phi) is 4.05. The molecule has 4 nitrogen and oxygen atoms in total. The van der Waals surface area contributed by atoms with Gasteiger partial charge >= 0.3 is 5.97 Å². The summed E-state index contributed by atoms with van der Waals surface area (Å²) in [4.78, 5) is 23.0. The number of carbonyl (C=O) groups is 2. The Morgan fingerprint density at radius 1 is 1.31 bits per heavy atom. The molecule has 0 bridgehead atoms. The molecule has 0 spiro atoms. The third-order valence-electron chi connectivity index (χ3n) is 2.21. The van der Waals surface area contributed by atoms with Gasteiger partial charge in [-0.3, -0.25) is 4.79 Å². The topological polar surface area (TPSA) is 52.6 Å². The lowest BCUT2D eigenvalue weighted by Crippen LogP contribution is -2.18. The third-order valence-corrected chi connectivity index (χ3v) is 2.21. The molecule has 0 atom stereocenters. The minimum Gasteiger partial charge on any atom is -0.496 e. The summed E-state index contributed by atoms with van der Waals surface area (Å²) >= 11 is 0. The summed E-state index contributed by atoms with van der Waals surface area (Å²) in [7, 11) is 1.51. The van der Waals surface area contributed by atoms with Crippen molar-refractivity contribution >= 4 is 11.8 Å². The second-order valence-corrected chi connectivity index (χ2v) is 3.18. The number of ether oxygens (including phenoxy) is 2. The average molecular weight is 222 g/mol. The number of benzene rings is 1. The van der Waals surface area contributed by atoms with E-state index in [9.17, 15) is 9.59 Å². The van der Waals surface area contributed by atoms with Gasteiger partial charge in [0.15, 0.2) is 0 Å². The van der Waals surface area contributed by atoms with E-state index in [1.807, 2.05) is 0 Å². The van der Waals surface area contributed by atoms with Gasteiger partial charge < -0.3 is 9.47 Å². The Balaban J connectivity index is 3.04. The van der Waals surface area contributed by atoms with Crippen molar-refractivity contribution < 1.29 is 19.1 Å². The Labute approximate surface area is 94.2 Å². The predicted molar refractivity (Wildman–Crippen MR) is 58.7 cm³/mol. The first-order valence-corrected chi connectivity index (χ1v) is 4.96. The van der Waals surface area contributed by atoms with E-state index in [1.165, 1.54) is 7.11 Å². The molecule has 0 aliphatic carbocycles. The van der Waals surface area contributed by atoms with Crippen LogP contribution in [0.1, 0.15) is 22.8 Å². The molecule has 0 fully saturated rings. The van der Waals surface area contributed by atoms with E-state index in [-0.39, 0.29) is 6.61 Å². The van der Waals surface area contributed by atoms with Gasteiger partial charge in [-0.25, -0.2) is 4.79 Å². The molecule has 0 N–H and O–H groups in total. The molecule has 0 heterocycles. The Bertz CT molecular complexity index is 409. The fourth-order valence-corrected chi connectivity index (χ4v) is 1.39. The van der Waals surface area contributed by atoms with Gasteiger partial charge in [-0.05, 0) is 19.9 Å². The van der Waals surface area contributed by atoms with Crippen molar-refractivity contribution in [3.05, 3.63) is 29.3 Å². The van der Waals surface area contributed by atoms with E-state index in [4.69, 9.17) is 4.74 Å². The normalized spacial score (nSPS) is 9.69. The van der Waals surface area contributed by atoms with E-state index < -0.39 is 11.8 Å². The molecule has 0 radical (unpaired) electrons. The molecular weight excluding hydrogens is 208 g/mol. The van der Waals surface area contributed by atoms with E-state index in [0.717, 1.165) is 0 Å². The standard InChI is InChI=1S/C12H14O4/c1-4-16-12(14)11(13)9-6-5-7-10(15-3)8(9)2/h5-7H,4H2,1-3H3. The summed E-state index contributed by atoms with van der Waals surface area (Å²) < 4.78 is 9.73. The van der Waals surface area contributed by atoms with Crippen molar-refractivity contribution in [1.82, 2.24) is 0 Å². The number of Topliss-reactive ketones (excluding diaryl/α,β-unsaturated/α-hetero) is 1. The molecule has 86 valence electrons. The molecule has 1 rings (SSSR count). The molecule has 0 saturated heterocycles. The smallest absolute Gasteiger partial charge is 0.379 e. The number of methoxy groups -OCH3 is 1. The molecule has 4 heteroatoms. The molecule has 0 aliphatic rings. The van der Waals surface area contributed by atoms with Gasteiger partial charge in [-0.2, -0.15) is 0 Å². The lowest BCUT2D eigenvalue weighted by Gasteiger charge is -2.08. The monoisotopic (exact) mass is 222 g/mol. The molecule has 0 aromatic heterocycles. The van der Waals surface area contributed by atoms with Crippen LogP contribution in [-0.2, 0) is 9.53 Å². The largest absolute Gasteiger partial charge is 0.496 e. The first-order valence-electron chi connectivity index (χ1n) is 4.96. The van der Waals surface area contributed by atoms with Crippen molar-refractivity contribution in [3.8, 4) is 5.75 Å². The third kappa shape index (κ3) is 2.39. The van der Waals surface area contributed by atoms with Crippen LogP contribution in [0, 0.1) is 6.92 Å². The van der Waals surface area contributed by atoms with E-state index in [0.29, 0.717) is 16.9 Å². The summed E-state index contributed by atoms with van der Waals surface area (Å²) in [6.45, 7) is 3.57. The van der Waals surface area contributed by atoms with E-state index in [2.05, 4.69) is 4.74 Å². The molecule has 0 unspecified atom stereocenters. The minimum atomic E-state index is -0.834. The van der Waals surface area contributed by atoms with E-state index in [1.54, 1.807) is 32.0 Å². The quantitative estimate of drug-likeness (QED) is 0.442. The van der Waals surface area contributed by atoms with Crippen LogP contribution in [0.25, 0.3) is 0 Å². The number of rotatable bonds is 4. The number of hydrogen-bond donors (Lipinski definition) is 0. The Morgan fingerprint density at radius 3 is 2.56 bits per heavy atom. The molecule has 0 aliphatic heterocycles. The second-order valence-electron chi connectivity index (χ2n) is 3.18. The van der Waals surface area contributed by atoms with Gasteiger partial charge in [-0.15, -0.1) is 0 Å². The summed E-state index contributed by atoms with van der Waals surface area (Å²) in [6.07, 6.45) is 0. The second kappa shape index (κ2) is 5.30. The van der Waals surface area contributed by atoms with Crippen LogP contribution in [0.3, 0.4) is 0 Å². The van der Waals surface area contributed by atoms with Crippen molar-refractivity contribution in [2.45, 2.75) is 13.8 Å². The van der Waals surface area contributed by atoms with Gasteiger partial charge in [0.2, 0.25) is 0 Å². The zero-order valence-electron chi connectivity index (χ0n) is 9.57. The molecule has 0 amide bonds. The van der Waals surface area contributed by atoms with Crippen LogP contribution >= 0.6 is 0 Å². The van der Waals surface area contributed by atoms with Gasteiger partial charge in [-0.1, -0.05) is 12.1 Å². The number of ketones is 1. The lowest BCUT2D eigenvalue weighted by atomic mass is 10.0. The summed E-state index contributed by atoms with van der Waals surface area (Å²) in [5.41, 5.74) is 0.959. The minimum absolute atomic E-state index is 0.188. The zero-order chi connectivity index (χ0) is 12.1. The average Bonchev–Trinajstić information content (AvgIpc) is 2.29. The van der Waals surface area contributed by atoms with Crippen LogP contribution in [0.2, 0.25) is 0 Å². The Hall–Kier alpha value is -1.84. The number of esters is 1. The van der Waals surface area contributed by atoms with E-state index >= 15 is 0 Å². The molecule has 0 saturated carbocycles. The van der Waals surface area contributed by atoms with Gasteiger partial charge in [0.05, 0.1) is 13.7 Å². The Morgan fingerprint density at radius 2 is 2.00 bits per heavy atom. The zero-order valence-corrected chi connectivity index (χ0v) is 9.57. The maximum atomic E-state index is 11.7. The van der Waals surface area contributed by atoms with Crippen LogP contribution < -0.4 is 4.74 Å². The first-order chi connectivity index (χ1) is 7.61.